The van der Waals surface area contributed by atoms with Gasteiger partial charge in [-0.05, 0) is 42.7 Å². The van der Waals surface area contributed by atoms with E-state index in [1.807, 2.05) is 30.3 Å². The smallest absolute Gasteiger partial charge is 0.235 e. The monoisotopic (exact) mass is 359 g/mol. The molecule has 0 aliphatic heterocycles. The van der Waals surface area contributed by atoms with Gasteiger partial charge in [-0.25, -0.2) is 0 Å². The van der Waals surface area contributed by atoms with Crippen molar-refractivity contribution in [1.29, 1.82) is 0 Å². The third-order valence-electron chi connectivity index (χ3n) is 4.93. The maximum atomic E-state index is 13.2. The van der Waals surface area contributed by atoms with Crippen molar-refractivity contribution in [2.45, 2.75) is 31.1 Å². The number of hydrogen-bond donors (Lipinski definition) is 1. The van der Waals surface area contributed by atoms with Crippen LogP contribution in [-0.2, 0) is 10.2 Å². The maximum absolute atomic E-state index is 13.2. The number of nitrogens with one attached hydrogen (secondary N) is 1. The van der Waals surface area contributed by atoms with Gasteiger partial charge in [0.05, 0.1) is 19.6 Å². The molecule has 0 heterocycles. The average Bonchev–Trinajstić information content (AvgIpc) is 3.13. The number of carbonyl (C=O) groups excluding carboxylic acids is 1. The van der Waals surface area contributed by atoms with E-state index in [-0.39, 0.29) is 5.91 Å². The number of amides is 1. The topological polar surface area (TPSA) is 47.6 Å². The zero-order valence-electron chi connectivity index (χ0n) is 14.5. The molecule has 1 amide bonds. The Morgan fingerprint density at radius 1 is 1.00 bits per heavy atom. The molecule has 0 spiro atoms. The standard InChI is InChI=1S/C20H22ClNO3/c1-24-17-10-9-16(13-18(17)25-2)22-19(23)20(11-3-4-12-20)14-5-7-15(21)8-6-14/h5-10,13H,3-4,11-12H2,1-2H3,(H,22,23). The van der Waals surface area contributed by atoms with E-state index in [0.29, 0.717) is 22.2 Å². The molecule has 0 aromatic heterocycles. The Hall–Kier alpha value is -2.20. The van der Waals surface area contributed by atoms with Crippen molar-refractivity contribution in [2.24, 2.45) is 0 Å². The molecule has 25 heavy (non-hydrogen) atoms. The van der Waals surface area contributed by atoms with E-state index in [9.17, 15) is 4.79 Å². The van der Waals surface area contributed by atoms with Gasteiger partial charge in [-0.1, -0.05) is 36.6 Å². The Morgan fingerprint density at radius 2 is 1.64 bits per heavy atom. The third kappa shape index (κ3) is 3.45. The van der Waals surface area contributed by atoms with Crippen LogP contribution in [0.25, 0.3) is 0 Å². The van der Waals surface area contributed by atoms with Gasteiger partial charge in [0.25, 0.3) is 0 Å². The van der Waals surface area contributed by atoms with Gasteiger partial charge in [-0.15, -0.1) is 0 Å². The normalized spacial score (nSPS) is 15.6. The van der Waals surface area contributed by atoms with E-state index >= 15 is 0 Å². The van der Waals surface area contributed by atoms with Crippen LogP contribution in [0.1, 0.15) is 31.2 Å². The molecule has 1 saturated carbocycles. The van der Waals surface area contributed by atoms with Crippen LogP contribution in [0.2, 0.25) is 5.02 Å². The van der Waals surface area contributed by atoms with Crippen molar-refractivity contribution in [3.8, 4) is 11.5 Å². The third-order valence-corrected chi connectivity index (χ3v) is 5.18. The molecule has 1 aliphatic rings. The fraction of sp³-hybridized carbons (Fsp3) is 0.350. The number of carbonyl (C=O) groups is 1. The van der Waals surface area contributed by atoms with Gasteiger partial charge >= 0.3 is 0 Å². The van der Waals surface area contributed by atoms with Crippen LogP contribution >= 0.6 is 11.6 Å². The lowest BCUT2D eigenvalue weighted by atomic mass is 9.78. The van der Waals surface area contributed by atoms with E-state index in [1.165, 1.54) is 0 Å². The molecule has 2 aromatic rings. The molecule has 0 saturated heterocycles. The zero-order valence-corrected chi connectivity index (χ0v) is 15.2. The van der Waals surface area contributed by atoms with Gasteiger partial charge < -0.3 is 14.8 Å². The maximum Gasteiger partial charge on any atom is 0.235 e. The second kappa shape index (κ2) is 7.36. The first kappa shape index (κ1) is 17.6. The van der Waals surface area contributed by atoms with Gasteiger partial charge in [0, 0.05) is 16.8 Å². The fourth-order valence-electron chi connectivity index (χ4n) is 3.56. The molecule has 132 valence electrons. The molecular formula is C20H22ClNO3. The fourth-order valence-corrected chi connectivity index (χ4v) is 3.69. The van der Waals surface area contributed by atoms with Crippen molar-refractivity contribution in [3.63, 3.8) is 0 Å². The summed E-state index contributed by atoms with van der Waals surface area (Å²) < 4.78 is 10.6. The largest absolute Gasteiger partial charge is 0.493 e. The average molecular weight is 360 g/mol. The summed E-state index contributed by atoms with van der Waals surface area (Å²) in [6.45, 7) is 0. The minimum atomic E-state index is -0.502. The second-order valence-corrected chi connectivity index (χ2v) is 6.76. The minimum Gasteiger partial charge on any atom is -0.493 e. The highest BCUT2D eigenvalue weighted by Gasteiger charge is 2.42. The minimum absolute atomic E-state index is 0.0135. The molecule has 4 nitrogen and oxygen atoms in total. The first-order valence-electron chi connectivity index (χ1n) is 8.38. The second-order valence-electron chi connectivity index (χ2n) is 6.32. The highest BCUT2D eigenvalue weighted by Crippen LogP contribution is 2.42. The highest BCUT2D eigenvalue weighted by atomic mass is 35.5. The molecule has 2 aromatic carbocycles. The van der Waals surface area contributed by atoms with Crippen LogP contribution in [0.5, 0.6) is 11.5 Å². The lowest BCUT2D eigenvalue weighted by Gasteiger charge is -2.28. The number of hydrogen-bond acceptors (Lipinski definition) is 3. The van der Waals surface area contributed by atoms with Crippen LogP contribution in [0, 0.1) is 0 Å². The lowest BCUT2D eigenvalue weighted by molar-refractivity contribution is -0.121. The summed E-state index contributed by atoms with van der Waals surface area (Å²) in [5.74, 6) is 1.24. The first-order chi connectivity index (χ1) is 12.1. The Morgan fingerprint density at radius 3 is 2.24 bits per heavy atom. The predicted molar refractivity (Wildman–Crippen MR) is 99.8 cm³/mol. The Kier molecular flexibility index (Phi) is 5.19. The van der Waals surface area contributed by atoms with Crippen LogP contribution in [-0.4, -0.2) is 20.1 Å². The molecule has 3 rings (SSSR count). The molecular weight excluding hydrogens is 338 g/mol. The quantitative estimate of drug-likeness (QED) is 0.833. The van der Waals surface area contributed by atoms with E-state index in [4.69, 9.17) is 21.1 Å². The molecule has 1 aliphatic carbocycles. The van der Waals surface area contributed by atoms with Crippen molar-refractivity contribution >= 4 is 23.2 Å². The molecule has 0 radical (unpaired) electrons. The van der Waals surface area contributed by atoms with Crippen LogP contribution in [0.3, 0.4) is 0 Å². The molecule has 0 bridgehead atoms. The summed E-state index contributed by atoms with van der Waals surface area (Å²) >= 11 is 6.01. The summed E-state index contributed by atoms with van der Waals surface area (Å²) in [5, 5.41) is 3.73. The molecule has 5 heteroatoms. The number of anilines is 1. The van der Waals surface area contributed by atoms with Crippen molar-refractivity contribution in [3.05, 3.63) is 53.1 Å². The number of methoxy groups -OCH3 is 2. The predicted octanol–water partition coefficient (Wildman–Crippen LogP) is 4.81. The number of benzene rings is 2. The summed E-state index contributed by atoms with van der Waals surface area (Å²) in [4.78, 5) is 13.2. The molecule has 1 fully saturated rings. The number of ether oxygens (including phenoxy) is 2. The summed E-state index contributed by atoms with van der Waals surface area (Å²) in [6.07, 6.45) is 3.77. The van der Waals surface area contributed by atoms with Crippen molar-refractivity contribution < 1.29 is 14.3 Å². The first-order valence-corrected chi connectivity index (χ1v) is 8.76. The van der Waals surface area contributed by atoms with Gasteiger partial charge in [0.1, 0.15) is 0 Å². The van der Waals surface area contributed by atoms with Gasteiger partial charge in [0.2, 0.25) is 5.91 Å². The van der Waals surface area contributed by atoms with E-state index in [0.717, 1.165) is 31.2 Å². The Balaban J connectivity index is 1.88. The number of halogens is 1. The molecule has 1 N–H and O–H groups in total. The molecule has 0 atom stereocenters. The van der Waals surface area contributed by atoms with Crippen LogP contribution in [0.4, 0.5) is 5.69 Å². The van der Waals surface area contributed by atoms with Crippen molar-refractivity contribution in [1.82, 2.24) is 0 Å². The van der Waals surface area contributed by atoms with E-state index in [1.54, 1.807) is 26.4 Å². The van der Waals surface area contributed by atoms with Gasteiger partial charge in [0.15, 0.2) is 11.5 Å². The zero-order chi connectivity index (χ0) is 17.9. The Labute approximate surface area is 153 Å². The SMILES string of the molecule is COc1ccc(NC(=O)C2(c3ccc(Cl)cc3)CCCC2)cc1OC. The van der Waals surface area contributed by atoms with Crippen molar-refractivity contribution in [2.75, 3.05) is 19.5 Å². The van der Waals surface area contributed by atoms with Crippen LogP contribution in [0.15, 0.2) is 42.5 Å². The summed E-state index contributed by atoms with van der Waals surface area (Å²) in [7, 11) is 3.17. The highest BCUT2D eigenvalue weighted by molar-refractivity contribution is 6.30. The lowest BCUT2D eigenvalue weighted by Crippen LogP contribution is -2.37. The van der Waals surface area contributed by atoms with Crippen LogP contribution < -0.4 is 14.8 Å². The summed E-state index contributed by atoms with van der Waals surface area (Å²) in [5.41, 5.74) is 1.22. The van der Waals surface area contributed by atoms with Gasteiger partial charge in [-0.3, -0.25) is 4.79 Å². The molecule has 0 unspecified atom stereocenters. The van der Waals surface area contributed by atoms with Gasteiger partial charge in [-0.2, -0.15) is 0 Å². The number of rotatable bonds is 5. The van der Waals surface area contributed by atoms with E-state index in [2.05, 4.69) is 5.32 Å². The Bertz CT molecular complexity index is 752. The van der Waals surface area contributed by atoms with E-state index < -0.39 is 5.41 Å². The summed E-state index contributed by atoms with van der Waals surface area (Å²) in [6, 6.07) is 13.0.